The molecule has 1 aliphatic rings. The van der Waals surface area contributed by atoms with Gasteiger partial charge in [-0.1, -0.05) is 12.1 Å². The highest BCUT2D eigenvalue weighted by molar-refractivity contribution is 5.98. The van der Waals surface area contributed by atoms with Gasteiger partial charge in [0, 0.05) is 5.56 Å². The van der Waals surface area contributed by atoms with E-state index in [9.17, 15) is 4.79 Å². The average Bonchev–Trinajstić information content (AvgIpc) is 2.28. The zero-order chi connectivity index (χ0) is 11.7. The maximum atomic E-state index is 11.0. The second-order valence-electron chi connectivity index (χ2n) is 3.53. The lowest BCUT2D eigenvalue weighted by Crippen LogP contribution is -2.17. The first kappa shape index (κ1) is 10.5. The summed E-state index contributed by atoms with van der Waals surface area (Å²) in [4.78, 5) is 11.0. The molecule has 16 heavy (non-hydrogen) atoms. The van der Waals surface area contributed by atoms with Crippen LogP contribution < -0.4 is 9.47 Å². The zero-order valence-electron chi connectivity index (χ0n) is 9.11. The number of carboxylic acid groups (broad SMARTS) is 1. The number of carboxylic acids is 1. The number of carbonyl (C=O) groups is 1. The van der Waals surface area contributed by atoms with Crippen LogP contribution in [0.15, 0.2) is 23.8 Å². The van der Waals surface area contributed by atoms with Crippen molar-refractivity contribution in [2.24, 2.45) is 0 Å². The number of benzene rings is 1. The van der Waals surface area contributed by atoms with Crippen LogP contribution in [0, 0.1) is 0 Å². The number of hydrogen-bond donors (Lipinski definition) is 1. The fourth-order valence-electron chi connectivity index (χ4n) is 1.76. The Morgan fingerprint density at radius 3 is 2.88 bits per heavy atom. The van der Waals surface area contributed by atoms with Crippen LogP contribution in [-0.2, 0) is 4.79 Å². The normalized spacial score (nSPS) is 14.1. The Balaban J connectivity index is 2.59. The number of fused-ring (bicyclic) bond motifs is 1. The third kappa shape index (κ3) is 1.52. The maximum absolute atomic E-state index is 11.0. The highest BCUT2D eigenvalue weighted by Gasteiger charge is 2.23. The van der Waals surface area contributed by atoms with Crippen LogP contribution in [0.1, 0.15) is 12.5 Å². The zero-order valence-corrected chi connectivity index (χ0v) is 9.11. The Morgan fingerprint density at radius 2 is 2.25 bits per heavy atom. The second kappa shape index (κ2) is 3.89. The predicted octanol–water partition coefficient (Wildman–Crippen LogP) is 1.95. The van der Waals surface area contributed by atoms with Crippen molar-refractivity contribution in [2.75, 3.05) is 13.7 Å². The molecule has 1 N–H and O–H groups in total. The van der Waals surface area contributed by atoms with Crippen LogP contribution in [0.3, 0.4) is 0 Å². The predicted molar refractivity (Wildman–Crippen MR) is 58.7 cm³/mol. The number of ether oxygens (including phenoxy) is 2. The Kier molecular flexibility index (Phi) is 2.56. The van der Waals surface area contributed by atoms with E-state index in [1.807, 2.05) is 12.1 Å². The van der Waals surface area contributed by atoms with Crippen molar-refractivity contribution in [3.8, 4) is 11.5 Å². The molecule has 4 nitrogen and oxygen atoms in total. The summed E-state index contributed by atoms with van der Waals surface area (Å²) in [5.74, 6) is 0.305. The van der Waals surface area contributed by atoms with E-state index >= 15 is 0 Å². The standard InChI is InChI=1S/C12H12O4/c1-7-8-4-3-5-10(15-2)11(8)16-6-9(7)12(13)14/h3-5H,6H2,1-2H3,(H,13,14). The SMILES string of the molecule is COc1cccc2c1OCC(C(=O)O)=C2C. The summed E-state index contributed by atoms with van der Waals surface area (Å²) in [5, 5.41) is 8.99. The third-order valence-corrected chi connectivity index (χ3v) is 2.67. The number of hydrogen-bond acceptors (Lipinski definition) is 3. The van der Waals surface area contributed by atoms with Crippen LogP contribution in [0.5, 0.6) is 11.5 Å². The first-order valence-electron chi connectivity index (χ1n) is 4.88. The monoisotopic (exact) mass is 220 g/mol. The minimum Gasteiger partial charge on any atom is -0.493 e. The minimum absolute atomic E-state index is 0.0779. The summed E-state index contributed by atoms with van der Waals surface area (Å²) >= 11 is 0. The molecule has 0 atom stereocenters. The third-order valence-electron chi connectivity index (χ3n) is 2.67. The van der Waals surface area contributed by atoms with Crippen molar-refractivity contribution in [1.82, 2.24) is 0 Å². The van der Waals surface area contributed by atoms with Gasteiger partial charge in [0.2, 0.25) is 0 Å². The van der Waals surface area contributed by atoms with E-state index in [1.165, 1.54) is 0 Å². The fourth-order valence-corrected chi connectivity index (χ4v) is 1.76. The van der Waals surface area contributed by atoms with E-state index in [4.69, 9.17) is 14.6 Å². The van der Waals surface area contributed by atoms with Gasteiger partial charge in [0.05, 0.1) is 12.7 Å². The van der Waals surface area contributed by atoms with Gasteiger partial charge in [0.1, 0.15) is 6.61 Å². The molecule has 1 aromatic rings. The first-order chi connectivity index (χ1) is 7.65. The van der Waals surface area contributed by atoms with E-state index in [0.29, 0.717) is 17.1 Å². The molecule has 0 fully saturated rings. The van der Waals surface area contributed by atoms with Crippen LogP contribution in [-0.4, -0.2) is 24.8 Å². The van der Waals surface area contributed by atoms with Crippen molar-refractivity contribution in [3.05, 3.63) is 29.3 Å². The fraction of sp³-hybridized carbons (Fsp3) is 0.250. The summed E-state index contributed by atoms with van der Waals surface area (Å²) in [6.45, 7) is 1.86. The van der Waals surface area contributed by atoms with Crippen molar-refractivity contribution in [2.45, 2.75) is 6.92 Å². The highest BCUT2D eigenvalue weighted by atomic mass is 16.5. The quantitative estimate of drug-likeness (QED) is 0.827. The van der Waals surface area contributed by atoms with Gasteiger partial charge in [-0.3, -0.25) is 0 Å². The first-order valence-corrected chi connectivity index (χ1v) is 4.88. The molecule has 0 unspecified atom stereocenters. The number of aliphatic carboxylic acids is 1. The van der Waals surface area contributed by atoms with Gasteiger partial charge < -0.3 is 14.6 Å². The minimum atomic E-state index is -0.939. The highest BCUT2D eigenvalue weighted by Crippen LogP contribution is 2.39. The molecule has 0 aliphatic carbocycles. The van der Waals surface area contributed by atoms with E-state index in [0.717, 1.165) is 11.1 Å². The molecule has 0 spiro atoms. The summed E-state index contributed by atoms with van der Waals surface area (Å²) < 4.78 is 10.6. The van der Waals surface area contributed by atoms with Gasteiger partial charge in [0.25, 0.3) is 0 Å². The lowest BCUT2D eigenvalue weighted by atomic mass is 9.98. The van der Waals surface area contributed by atoms with Crippen LogP contribution in [0.25, 0.3) is 5.57 Å². The van der Waals surface area contributed by atoms with Gasteiger partial charge in [-0.2, -0.15) is 0 Å². The van der Waals surface area contributed by atoms with E-state index in [1.54, 1.807) is 20.1 Å². The molecule has 4 heteroatoms. The molecule has 0 saturated carbocycles. The van der Waals surface area contributed by atoms with Crippen LogP contribution >= 0.6 is 0 Å². The summed E-state index contributed by atoms with van der Waals surface area (Å²) in [7, 11) is 1.56. The van der Waals surface area contributed by atoms with Crippen molar-refractivity contribution in [1.29, 1.82) is 0 Å². The molecule has 1 heterocycles. The molecule has 84 valence electrons. The molecule has 0 radical (unpaired) electrons. The topological polar surface area (TPSA) is 55.8 Å². The molecular weight excluding hydrogens is 208 g/mol. The van der Waals surface area contributed by atoms with Gasteiger partial charge in [-0.25, -0.2) is 4.79 Å². The van der Waals surface area contributed by atoms with Crippen molar-refractivity contribution < 1.29 is 19.4 Å². The number of methoxy groups -OCH3 is 1. The van der Waals surface area contributed by atoms with Crippen LogP contribution in [0.4, 0.5) is 0 Å². The summed E-state index contributed by atoms with van der Waals surface area (Å²) in [5.41, 5.74) is 1.80. The van der Waals surface area contributed by atoms with Crippen molar-refractivity contribution >= 4 is 11.5 Å². The average molecular weight is 220 g/mol. The van der Waals surface area contributed by atoms with Gasteiger partial charge >= 0.3 is 5.97 Å². The number of para-hydroxylation sites is 1. The molecule has 0 aromatic heterocycles. The number of rotatable bonds is 2. The smallest absolute Gasteiger partial charge is 0.335 e. The Bertz CT molecular complexity index is 474. The Morgan fingerprint density at radius 1 is 1.50 bits per heavy atom. The van der Waals surface area contributed by atoms with Crippen LogP contribution in [0.2, 0.25) is 0 Å². The molecule has 0 saturated heterocycles. The van der Waals surface area contributed by atoms with E-state index in [2.05, 4.69) is 0 Å². The number of allylic oxidation sites excluding steroid dienone is 1. The van der Waals surface area contributed by atoms with Gasteiger partial charge in [-0.15, -0.1) is 0 Å². The van der Waals surface area contributed by atoms with E-state index in [-0.39, 0.29) is 6.61 Å². The lowest BCUT2D eigenvalue weighted by molar-refractivity contribution is -0.133. The van der Waals surface area contributed by atoms with E-state index < -0.39 is 5.97 Å². The molecule has 1 aliphatic heterocycles. The summed E-state index contributed by atoms with van der Waals surface area (Å²) in [6, 6.07) is 5.43. The molecule has 0 amide bonds. The Hall–Kier alpha value is -1.97. The molecular formula is C12H12O4. The Labute approximate surface area is 93.1 Å². The molecule has 0 bridgehead atoms. The largest absolute Gasteiger partial charge is 0.493 e. The lowest BCUT2D eigenvalue weighted by Gasteiger charge is -2.21. The van der Waals surface area contributed by atoms with Gasteiger partial charge in [-0.05, 0) is 18.6 Å². The molecule has 1 aromatic carbocycles. The maximum Gasteiger partial charge on any atom is 0.335 e. The summed E-state index contributed by atoms with van der Waals surface area (Å²) in [6.07, 6.45) is 0. The molecule has 2 rings (SSSR count). The second-order valence-corrected chi connectivity index (χ2v) is 3.53. The van der Waals surface area contributed by atoms with Gasteiger partial charge in [0.15, 0.2) is 11.5 Å². The van der Waals surface area contributed by atoms with Crippen molar-refractivity contribution in [3.63, 3.8) is 0 Å².